The minimum atomic E-state index is -0.0604. The molecule has 0 saturated carbocycles. The van der Waals surface area contributed by atoms with Gasteiger partial charge in [-0.15, -0.1) is 0 Å². The van der Waals surface area contributed by atoms with Gasteiger partial charge < -0.3 is 5.32 Å². The lowest BCUT2D eigenvalue weighted by Crippen LogP contribution is -2.26. The standard InChI is InChI=1S/C16H15Br2NO/c1-11-7-13(9-14(17)8-11)16(20)19-10-15(18)12-5-3-2-4-6-12/h2-9,15H,10H2,1H3,(H,19,20). The molecule has 0 bridgehead atoms. The van der Waals surface area contributed by atoms with Crippen molar-refractivity contribution in [2.24, 2.45) is 0 Å². The lowest BCUT2D eigenvalue weighted by molar-refractivity contribution is 0.0954. The fourth-order valence-electron chi connectivity index (χ4n) is 1.93. The third-order valence-corrected chi connectivity index (χ3v) is 4.22. The van der Waals surface area contributed by atoms with Gasteiger partial charge in [0.25, 0.3) is 5.91 Å². The molecule has 0 aliphatic rings. The maximum atomic E-state index is 12.1. The highest BCUT2D eigenvalue weighted by Gasteiger charge is 2.11. The second-order valence-electron chi connectivity index (χ2n) is 4.61. The molecular formula is C16H15Br2NO. The van der Waals surface area contributed by atoms with Crippen molar-refractivity contribution < 1.29 is 4.79 Å². The van der Waals surface area contributed by atoms with Crippen molar-refractivity contribution >= 4 is 37.8 Å². The summed E-state index contributed by atoms with van der Waals surface area (Å²) in [5.74, 6) is -0.0604. The van der Waals surface area contributed by atoms with Gasteiger partial charge in [-0.1, -0.05) is 62.2 Å². The van der Waals surface area contributed by atoms with Crippen molar-refractivity contribution in [2.75, 3.05) is 6.54 Å². The van der Waals surface area contributed by atoms with Crippen molar-refractivity contribution in [3.63, 3.8) is 0 Å². The van der Waals surface area contributed by atoms with Crippen molar-refractivity contribution in [1.82, 2.24) is 5.32 Å². The average Bonchev–Trinajstić information content (AvgIpc) is 2.44. The topological polar surface area (TPSA) is 29.1 Å². The lowest BCUT2D eigenvalue weighted by atomic mass is 10.1. The van der Waals surface area contributed by atoms with Crippen molar-refractivity contribution in [1.29, 1.82) is 0 Å². The van der Waals surface area contributed by atoms with E-state index in [4.69, 9.17) is 0 Å². The number of rotatable bonds is 4. The highest BCUT2D eigenvalue weighted by molar-refractivity contribution is 9.10. The van der Waals surface area contributed by atoms with Crippen LogP contribution in [0.3, 0.4) is 0 Å². The van der Waals surface area contributed by atoms with Crippen LogP contribution in [0.15, 0.2) is 53.0 Å². The average molecular weight is 397 g/mol. The molecule has 1 atom stereocenters. The van der Waals surface area contributed by atoms with Gasteiger partial charge in [-0.25, -0.2) is 0 Å². The van der Waals surface area contributed by atoms with E-state index >= 15 is 0 Å². The maximum Gasteiger partial charge on any atom is 0.251 e. The van der Waals surface area contributed by atoms with E-state index in [0.717, 1.165) is 15.6 Å². The fourth-order valence-corrected chi connectivity index (χ4v) is 3.01. The van der Waals surface area contributed by atoms with Crippen LogP contribution < -0.4 is 5.32 Å². The van der Waals surface area contributed by atoms with Crippen LogP contribution in [-0.4, -0.2) is 12.5 Å². The molecule has 0 spiro atoms. The molecule has 0 heterocycles. The molecule has 1 amide bonds. The molecule has 0 fully saturated rings. The molecule has 0 aliphatic heterocycles. The largest absolute Gasteiger partial charge is 0.351 e. The summed E-state index contributed by atoms with van der Waals surface area (Å²) in [5.41, 5.74) is 2.88. The summed E-state index contributed by atoms with van der Waals surface area (Å²) >= 11 is 7.00. The third-order valence-electron chi connectivity index (χ3n) is 2.91. The maximum absolute atomic E-state index is 12.1. The Kier molecular flexibility index (Phi) is 5.38. The van der Waals surface area contributed by atoms with Gasteiger partial charge in [-0.3, -0.25) is 4.79 Å². The van der Waals surface area contributed by atoms with Gasteiger partial charge in [0.05, 0.1) is 4.83 Å². The molecule has 1 unspecified atom stereocenters. The van der Waals surface area contributed by atoms with Gasteiger partial charge in [0.1, 0.15) is 0 Å². The van der Waals surface area contributed by atoms with Gasteiger partial charge in [0.15, 0.2) is 0 Å². The third kappa shape index (κ3) is 4.18. The van der Waals surface area contributed by atoms with E-state index in [1.165, 1.54) is 0 Å². The summed E-state index contributed by atoms with van der Waals surface area (Å²) in [7, 11) is 0. The monoisotopic (exact) mass is 395 g/mol. The van der Waals surface area contributed by atoms with E-state index in [1.54, 1.807) is 0 Å². The summed E-state index contributed by atoms with van der Waals surface area (Å²) in [4.78, 5) is 12.2. The molecule has 2 aromatic carbocycles. The van der Waals surface area contributed by atoms with Gasteiger partial charge in [-0.05, 0) is 36.2 Å². The molecule has 104 valence electrons. The van der Waals surface area contributed by atoms with Crippen LogP contribution >= 0.6 is 31.9 Å². The number of aryl methyl sites for hydroxylation is 1. The van der Waals surface area contributed by atoms with E-state index in [0.29, 0.717) is 12.1 Å². The molecule has 0 aliphatic carbocycles. The Bertz CT molecular complexity index is 578. The summed E-state index contributed by atoms with van der Waals surface area (Å²) < 4.78 is 0.918. The van der Waals surface area contributed by atoms with Crippen LogP contribution in [0.25, 0.3) is 0 Å². The van der Waals surface area contributed by atoms with Crippen molar-refractivity contribution in [3.8, 4) is 0 Å². The Hall–Kier alpha value is -1.13. The van der Waals surface area contributed by atoms with E-state index in [2.05, 4.69) is 37.2 Å². The van der Waals surface area contributed by atoms with Crippen LogP contribution in [0.2, 0.25) is 0 Å². The molecule has 20 heavy (non-hydrogen) atoms. The molecule has 4 heteroatoms. The summed E-state index contributed by atoms with van der Waals surface area (Å²) in [5, 5.41) is 2.94. The first-order valence-corrected chi connectivity index (χ1v) is 8.01. The Morgan fingerprint density at radius 2 is 1.90 bits per heavy atom. The first-order chi connectivity index (χ1) is 9.56. The van der Waals surface area contributed by atoms with E-state index < -0.39 is 0 Å². The van der Waals surface area contributed by atoms with E-state index in [-0.39, 0.29) is 10.7 Å². The number of halogens is 2. The Labute approximate surface area is 135 Å². The molecule has 1 N–H and O–H groups in total. The predicted molar refractivity (Wildman–Crippen MR) is 89.3 cm³/mol. The summed E-state index contributed by atoms with van der Waals surface area (Å²) in [6, 6.07) is 15.7. The molecule has 2 nitrogen and oxygen atoms in total. The Balaban J connectivity index is 1.98. The number of benzene rings is 2. The highest BCUT2D eigenvalue weighted by Crippen LogP contribution is 2.21. The van der Waals surface area contributed by atoms with Crippen LogP contribution in [-0.2, 0) is 0 Å². The molecule has 2 aromatic rings. The lowest BCUT2D eigenvalue weighted by Gasteiger charge is -2.12. The van der Waals surface area contributed by atoms with Gasteiger partial charge in [0.2, 0.25) is 0 Å². The molecule has 0 aromatic heterocycles. The van der Waals surface area contributed by atoms with E-state index in [1.807, 2.05) is 55.5 Å². The van der Waals surface area contributed by atoms with Gasteiger partial charge in [-0.2, -0.15) is 0 Å². The second kappa shape index (κ2) is 7.04. The first-order valence-electron chi connectivity index (χ1n) is 6.30. The normalized spacial score (nSPS) is 11.9. The zero-order valence-electron chi connectivity index (χ0n) is 11.1. The number of carbonyl (C=O) groups excluding carboxylic acids is 1. The number of amides is 1. The minimum absolute atomic E-state index is 0.0604. The number of hydrogen-bond acceptors (Lipinski definition) is 1. The smallest absolute Gasteiger partial charge is 0.251 e. The first kappa shape index (κ1) is 15.3. The quantitative estimate of drug-likeness (QED) is 0.750. The molecule has 2 rings (SSSR count). The minimum Gasteiger partial charge on any atom is -0.351 e. The van der Waals surface area contributed by atoms with Gasteiger partial charge in [0, 0.05) is 16.6 Å². The Morgan fingerprint density at radius 3 is 2.55 bits per heavy atom. The summed E-state index contributed by atoms with van der Waals surface area (Å²) in [6.07, 6.45) is 0. The predicted octanol–water partition coefficient (Wildman–Crippen LogP) is 4.62. The van der Waals surface area contributed by atoms with Crippen LogP contribution in [0.5, 0.6) is 0 Å². The highest BCUT2D eigenvalue weighted by atomic mass is 79.9. The number of carbonyl (C=O) groups is 1. The van der Waals surface area contributed by atoms with Crippen LogP contribution in [0.1, 0.15) is 26.3 Å². The molecule has 0 radical (unpaired) electrons. The van der Waals surface area contributed by atoms with E-state index in [9.17, 15) is 4.79 Å². The summed E-state index contributed by atoms with van der Waals surface area (Å²) in [6.45, 7) is 2.52. The number of nitrogens with one attached hydrogen (secondary N) is 1. The zero-order chi connectivity index (χ0) is 14.5. The van der Waals surface area contributed by atoms with Crippen molar-refractivity contribution in [3.05, 3.63) is 69.7 Å². The van der Waals surface area contributed by atoms with Crippen molar-refractivity contribution in [2.45, 2.75) is 11.8 Å². The van der Waals surface area contributed by atoms with Crippen LogP contribution in [0.4, 0.5) is 0 Å². The number of alkyl halides is 1. The molecular weight excluding hydrogens is 382 g/mol. The fraction of sp³-hybridized carbons (Fsp3) is 0.188. The Morgan fingerprint density at radius 1 is 1.20 bits per heavy atom. The SMILES string of the molecule is Cc1cc(Br)cc(C(=O)NCC(Br)c2ccccc2)c1. The van der Waals surface area contributed by atoms with Crippen LogP contribution in [0, 0.1) is 6.92 Å². The second-order valence-corrected chi connectivity index (χ2v) is 6.63. The zero-order valence-corrected chi connectivity index (χ0v) is 14.2. The van der Waals surface area contributed by atoms with Gasteiger partial charge >= 0.3 is 0 Å². The number of hydrogen-bond donors (Lipinski definition) is 1. The molecule has 0 saturated heterocycles.